The van der Waals surface area contributed by atoms with Gasteiger partial charge < -0.3 is 4.74 Å². The molecule has 3 heteroatoms. The fraction of sp³-hybridized carbons (Fsp3) is 0.231. The minimum Gasteiger partial charge on any atom is -0.485 e. The average Bonchev–Trinajstić information content (AvgIpc) is 2.55. The number of ether oxygens (including phenoxy) is 1. The topological polar surface area (TPSA) is 9.23 Å². The Morgan fingerprint density at radius 1 is 1.69 bits per heavy atom. The van der Waals surface area contributed by atoms with E-state index in [2.05, 4.69) is 34.7 Å². The number of rotatable bonds is 2. The molecule has 0 saturated carbocycles. The maximum absolute atomic E-state index is 5.88. The largest absolute Gasteiger partial charge is 0.485 e. The third-order valence-electron chi connectivity index (χ3n) is 2.55. The molecule has 0 fully saturated rings. The standard InChI is InChI=1S/C13H12BrClO/c1-3-9-12(7-8(2)15)16-11-6-4-5-10(14)13(9)11/h3-5,7,11H,1,6H2,2H3/b8-7+. The van der Waals surface area contributed by atoms with Gasteiger partial charge in [-0.05, 0) is 13.0 Å². The molecular weight excluding hydrogens is 287 g/mol. The van der Waals surface area contributed by atoms with Crippen LogP contribution in [0.25, 0.3) is 0 Å². The molecule has 1 unspecified atom stereocenters. The van der Waals surface area contributed by atoms with Crippen LogP contribution in [-0.2, 0) is 4.74 Å². The molecule has 0 aromatic rings. The van der Waals surface area contributed by atoms with Crippen LogP contribution in [0.5, 0.6) is 0 Å². The van der Waals surface area contributed by atoms with Gasteiger partial charge in [-0.2, -0.15) is 0 Å². The molecule has 1 heterocycles. The zero-order valence-electron chi connectivity index (χ0n) is 8.97. The van der Waals surface area contributed by atoms with E-state index in [9.17, 15) is 0 Å². The molecule has 2 rings (SSSR count). The van der Waals surface area contributed by atoms with Gasteiger partial charge in [0.2, 0.25) is 0 Å². The molecule has 0 N–H and O–H groups in total. The van der Waals surface area contributed by atoms with Crippen molar-refractivity contribution in [3.05, 3.63) is 57.3 Å². The van der Waals surface area contributed by atoms with Gasteiger partial charge in [0.1, 0.15) is 11.9 Å². The van der Waals surface area contributed by atoms with E-state index in [0.717, 1.165) is 22.2 Å². The summed E-state index contributed by atoms with van der Waals surface area (Å²) >= 11 is 9.43. The van der Waals surface area contributed by atoms with Gasteiger partial charge in [-0.15, -0.1) is 0 Å². The van der Waals surface area contributed by atoms with Crippen molar-refractivity contribution in [3.63, 3.8) is 0 Å². The Labute approximate surface area is 109 Å². The first kappa shape index (κ1) is 11.7. The number of hydrogen-bond donors (Lipinski definition) is 0. The van der Waals surface area contributed by atoms with E-state index < -0.39 is 0 Å². The van der Waals surface area contributed by atoms with E-state index in [1.54, 1.807) is 0 Å². The van der Waals surface area contributed by atoms with Crippen molar-refractivity contribution in [1.82, 2.24) is 0 Å². The van der Waals surface area contributed by atoms with E-state index in [1.807, 2.05) is 19.1 Å². The lowest BCUT2D eigenvalue weighted by Gasteiger charge is -2.16. The smallest absolute Gasteiger partial charge is 0.129 e. The summed E-state index contributed by atoms with van der Waals surface area (Å²) in [4.78, 5) is 0. The molecule has 0 amide bonds. The van der Waals surface area contributed by atoms with Crippen LogP contribution in [0.1, 0.15) is 13.3 Å². The third kappa shape index (κ3) is 2.04. The second kappa shape index (κ2) is 4.64. The first-order chi connectivity index (χ1) is 7.63. The Morgan fingerprint density at radius 2 is 2.44 bits per heavy atom. The molecule has 0 spiro atoms. The summed E-state index contributed by atoms with van der Waals surface area (Å²) in [5, 5.41) is 0.706. The average molecular weight is 300 g/mol. The zero-order valence-corrected chi connectivity index (χ0v) is 11.3. The number of hydrogen-bond acceptors (Lipinski definition) is 1. The first-order valence-corrected chi connectivity index (χ1v) is 6.24. The Kier molecular flexibility index (Phi) is 3.41. The molecule has 0 bridgehead atoms. The summed E-state index contributed by atoms with van der Waals surface area (Å²) in [5.41, 5.74) is 2.20. The van der Waals surface area contributed by atoms with Gasteiger partial charge in [-0.1, -0.05) is 52.3 Å². The Balaban J connectivity index is 2.51. The van der Waals surface area contributed by atoms with E-state index >= 15 is 0 Å². The van der Waals surface area contributed by atoms with Crippen LogP contribution in [0.15, 0.2) is 57.3 Å². The van der Waals surface area contributed by atoms with Crippen molar-refractivity contribution >= 4 is 27.5 Å². The molecule has 0 aromatic heterocycles. The van der Waals surface area contributed by atoms with Gasteiger partial charge in [0.15, 0.2) is 0 Å². The highest BCUT2D eigenvalue weighted by Gasteiger charge is 2.31. The molecule has 2 aliphatic rings. The molecule has 0 saturated heterocycles. The summed E-state index contributed by atoms with van der Waals surface area (Å²) in [6.45, 7) is 5.67. The minimum absolute atomic E-state index is 0.0923. The molecule has 1 aliphatic carbocycles. The van der Waals surface area contributed by atoms with E-state index in [1.165, 1.54) is 5.57 Å². The van der Waals surface area contributed by atoms with Gasteiger partial charge >= 0.3 is 0 Å². The second-order valence-electron chi connectivity index (χ2n) is 3.72. The van der Waals surface area contributed by atoms with Crippen molar-refractivity contribution in [2.24, 2.45) is 0 Å². The highest BCUT2D eigenvalue weighted by Crippen LogP contribution is 2.40. The molecule has 1 atom stereocenters. The first-order valence-electron chi connectivity index (χ1n) is 5.07. The lowest BCUT2D eigenvalue weighted by atomic mass is 9.96. The van der Waals surface area contributed by atoms with E-state index in [0.29, 0.717) is 5.03 Å². The summed E-state index contributed by atoms with van der Waals surface area (Å²) in [5.74, 6) is 0.808. The molecule has 1 nitrogen and oxygen atoms in total. The highest BCUT2D eigenvalue weighted by molar-refractivity contribution is 9.11. The van der Waals surface area contributed by atoms with Gasteiger partial charge in [0.05, 0.1) is 0 Å². The van der Waals surface area contributed by atoms with Gasteiger partial charge in [-0.25, -0.2) is 0 Å². The van der Waals surface area contributed by atoms with Gasteiger partial charge in [-0.3, -0.25) is 0 Å². The highest BCUT2D eigenvalue weighted by atomic mass is 79.9. The monoisotopic (exact) mass is 298 g/mol. The van der Waals surface area contributed by atoms with Crippen LogP contribution >= 0.6 is 27.5 Å². The van der Waals surface area contributed by atoms with Crippen LogP contribution in [0.4, 0.5) is 0 Å². The number of halogens is 2. The Hall–Kier alpha value is -0.730. The van der Waals surface area contributed by atoms with Gasteiger partial charge in [0, 0.05) is 27.1 Å². The molecule has 84 valence electrons. The predicted molar refractivity (Wildman–Crippen MR) is 71.4 cm³/mol. The van der Waals surface area contributed by atoms with Crippen LogP contribution in [0, 0.1) is 0 Å². The summed E-state index contributed by atoms with van der Waals surface area (Å²) < 4.78 is 6.92. The molecule has 0 aromatic carbocycles. The number of allylic oxidation sites excluding steroid dienone is 5. The molecular formula is C13H12BrClO. The fourth-order valence-corrected chi connectivity index (χ4v) is 2.67. The quantitative estimate of drug-likeness (QED) is 0.725. The summed E-state index contributed by atoms with van der Waals surface area (Å²) in [6, 6.07) is 0. The summed E-state index contributed by atoms with van der Waals surface area (Å²) in [6.07, 6.45) is 8.79. The second-order valence-corrected chi connectivity index (χ2v) is 5.17. The van der Waals surface area contributed by atoms with Crippen LogP contribution in [-0.4, -0.2) is 6.10 Å². The van der Waals surface area contributed by atoms with Gasteiger partial charge in [0.25, 0.3) is 0 Å². The van der Waals surface area contributed by atoms with E-state index in [-0.39, 0.29) is 6.10 Å². The number of fused-ring (bicyclic) bond motifs is 1. The van der Waals surface area contributed by atoms with Crippen molar-refractivity contribution in [1.29, 1.82) is 0 Å². The maximum atomic E-state index is 5.88. The lowest BCUT2D eigenvalue weighted by molar-refractivity contribution is 0.177. The van der Waals surface area contributed by atoms with Crippen molar-refractivity contribution < 1.29 is 4.74 Å². The van der Waals surface area contributed by atoms with Crippen molar-refractivity contribution in [2.75, 3.05) is 0 Å². The fourth-order valence-electron chi connectivity index (χ4n) is 1.92. The zero-order chi connectivity index (χ0) is 11.7. The predicted octanol–water partition coefficient (Wildman–Crippen LogP) is 4.58. The summed E-state index contributed by atoms with van der Waals surface area (Å²) in [7, 11) is 0. The third-order valence-corrected chi connectivity index (χ3v) is 3.35. The maximum Gasteiger partial charge on any atom is 0.129 e. The SMILES string of the molecule is C=CC1=C(/C=C(\C)Cl)OC2CC=CC(Br)=C12. The lowest BCUT2D eigenvalue weighted by Crippen LogP contribution is -2.11. The molecule has 1 aliphatic heterocycles. The van der Waals surface area contributed by atoms with Crippen molar-refractivity contribution in [3.8, 4) is 0 Å². The van der Waals surface area contributed by atoms with Crippen LogP contribution in [0.3, 0.4) is 0 Å². The minimum atomic E-state index is 0.0923. The van der Waals surface area contributed by atoms with Crippen LogP contribution < -0.4 is 0 Å². The Morgan fingerprint density at radius 3 is 3.06 bits per heavy atom. The van der Waals surface area contributed by atoms with Crippen LogP contribution in [0.2, 0.25) is 0 Å². The van der Waals surface area contributed by atoms with E-state index in [4.69, 9.17) is 16.3 Å². The normalized spacial score (nSPS) is 24.7. The van der Waals surface area contributed by atoms with Crippen molar-refractivity contribution in [2.45, 2.75) is 19.4 Å². The Bertz CT molecular complexity index is 451. The molecule has 16 heavy (non-hydrogen) atoms. The molecule has 0 radical (unpaired) electrons.